The van der Waals surface area contributed by atoms with Gasteiger partial charge < -0.3 is 18.9 Å². The zero-order valence-corrected chi connectivity index (χ0v) is 17.8. The molecular weight excluding hydrogens is 376 g/mol. The Hall–Kier alpha value is -2.82. The highest BCUT2D eigenvalue weighted by molar-refractivity contribution is 5.31. The van der Waals surface area contributed by atoms with E-state index in [4.69, 9.17) is 18.9 Å². The molecule has 0 aromatic heterocycles. The van der Waals surface area contributed by atoms with Crippen LogP contribution >= 0.6 is 0 Å². The van der Waals surface area contributed by atoms with Crippen LogP contribution in [0.3, 0.4) is 0 Å². The van der Waals surface area contributed by atoms with E-state index < -0.39 is 0 Å². The Morgan fingerprint density at radius 1 is 0.533 bits per heavy atom. The van der Waals surface area contributed by atoms with Crippen LogP contribution < -0.4 is 9.47 Å². The molecule has 0 heterocycles. The standard InChI is InChI=1S/C26H30O4/c1-21-5-3-7-23(17-21)19-27-13-15-29-25-9-11-26(12-10-25)30-16-14-28-20-24-8-4-6-22(2)18-24/h3-12,17-18H,13-16,19-20H2,1-2H3. The van der Waals surface area contributed by atoms with E-state index in [0.717, 1.165) is 11.5 Å². The van der Waals surface area contributed by atoms with Crippen molar-refractivity contribution >= 4 is 0 Å². The van der Waals surface area contributed by atoms with Crippen LogP contribution in [-0.2, 0) is 22.7 Å². The molecule has 3 rings (SSSR count). The van der Waals surface area contributed by atoms with Crippen molar-refractivity contribution in [2.75, 3.05) is 26.4 Å². The number of hydrogen-bond donors (Lipinski definition) is 0. The predicted molar refractivity (Wildman–Crippen MR) is 119 cm³/mol. The van der Waals surface area contributed by atoms with Gasteiger partial charge in [0.1, 0.15) is 24.7 Å². The maximum atomic E-state index is 5.72. The molecule has 4 nitrogen and oxygen atoms in total. The molecule has 0 aliphatic carbocycles. The molecule has 3 aromatic carbocycles. The monoisotopic (exact) mass is 406 g/mol. The maximum Gasteiger partial charge on any atom is 0.119 e. The lowest BCUT2D eigenvalue weighted by molar-refractivity contribution is 0.0878. The molecule has 0 bridgehead atoms. The summed E-state index contributed by atoms with van der Waals surface area (Å²) in [6, 6.07) is 24.3. The van der Waals surface area contributed by atoms with Crippen LogP contribution in [0.15, 0.2) is 72.8 Å². The fourth-order valence-corrected chi connectivity index (χ4v) is 3.05. The molecule has 0 radical (unpaired) electrons. The van der Waals surface area contributed by atoms with Gasteiger partial charge in [-0.2, -0.15) is 0 Å². The lowest BCUT2D eigenvalue weighted by Gasteiger charge is -2.10. The van der Waals surface area contributed by atoms with Crippen LogP contribution in [0.25, 0.3) is 0 Å². The van der Waals surface area contributed by atoms with Crippen molar-refractivity contribution < 1.29 is 18.9 Å². The van der Waals surface area contributed by atoms with E-state index in [2.05, 4.69) is 50.2 Å². The molecule has 0 atom stereocenters. The van der Waals surface area contributed by atoms with Gasteiger partial charge in [-0.1, -0.05) is 59.7 Å². The summed E-state index contributed by atoms with van der Waals surface area (Å²) in [5.41, 5.74) is 4.85. The molecule has 30 heavy (non-hydrogen) atoms. The van der Waals surface area contributed by atoms with E-state index in [1.54, 1.807) is 0 Å². The van der Waals surface area contributed by atoms with Gasteiger partial charge in [-0.3, -0.25) is 0 Å². The average molecular weight is 407 g/mol. The molecule has 0 aliphatic rings. The van der Waals surface area contributed by atoms with Crippen LogP contribution in [0, 0.1) is 13.8 Å². The predicted octanol–water partition coefficient (Wildman–Crippen LogP) is 5.49. The molecular formula is C26H30O4. The lowest BCUT2D eigenvalue weighted by Crippen LogP contribution is -2.07. The van der Waals surface area contributed by atoms with E-state index >= 15 is 0 Å². The minimum atomic E-state index is 0.513. The molecule has 0 spiro atoms. The van der Waals surface area contributed by atoms with Gasteiger partial charge in [0.2, 0.25) is 0 Å². The van der Waals surface area contributed by atoms with Crippen molar-refractivity contribution in [2.45, 2.75) is 27.1 Å². The summed E-state index contributed by atoms with van der Waals surface area (Å²) < 4.78 is 22.8. The average Bonchev–Trinajstić information content (AvgIpc) is 2.74. The fraction of sp³-hybridized carbons (Fsp3) is 0.308. The third-order valence-electron chi connectivity index (χ3n) is 4.52. The number of rotatable bonds is 12. The molecule has 0 unspecified atom stereocenters. The van der Waals surface area contributed by atoms with Crippen molar-refractivity contribution in [3.63, 3.8) is 0 Å². The van der Waals surface area contributed by atoms with Crippen LogP contribution in [0.4, 0.5) is 0 Å². The molecule has 0 fully saturated rings. The van der Waals surface area contributed by atoms with Gasteiger partial charge in [-0.15, -0.1) is 0 Å². The highest BCUT2D eigenvalue weighted by atomic mass is 16.5. The van der Waals surface area contributed by atoms with Gasteiger partial charge in [0.15, 0.2) is 0 Å². The van der Waals surface area contributed by atoms with Crippen LogP contribution in [0.2, 0.25) is 0 Å². The van der Waals surface area contributed by atoms with Crippen molar-refractivity contribution in [3.05, 3.63) is 95.1 Å². The zero-order valence-electron chi connectivity index (χ0n) is 17.8. The largest absolute Gasteiger partial charge is 0.491 e. The zero-order chi connectivity index (χ0) is 21.0. The van der Waals surface area contributed by atoms with Crippen LogP contribution in [0.5, 0.6) is 11.5 Å². The van der Waals surface area contributed by atoms with E-state index in [0.29, 0.717) is 39.6 Å². The third kappa shape index (κ3) is 7.90. The molecule has 0 aliphatic heterocycles. The van der Waals surface area contributed by atoms with Gasteiger partial charge >= 0.3 is 0 Å². The van der Waals surface area contributed by atoms with Gasteiger partial charge in [-0.05, 0) is 49.2 Å². The SMILES string of the molecule is Cc1cccc(COCCOc2ccc(OCCOCc3cccc(C)c3)cc2)c1. The van der Waals surface area contributed by atoms with Crippen LogP contribution in [0.1, 0.15) is 22.3 Å². The molecule has 0 saturated heterocycles. The van der Waals surface area contributed by atoms with Crippen molar-refractivity contribution in [1.29, 1.82) is 0 Å². The van der Waals surface area contributed by atoms with Gasteiger partial charge in [0.25, 0.3) is 0 Å². The highest BCUT2D eigenvalue weighted by Gasteiger charge is 1.99. The Balaban J connectivity index is 1.26. The topological polar surface area (TPSA) is 36.9 Å². The first-order chi connectivity index (χ1) is 14.7. The maximum absolute atomic E-state index is 5.72. The molecule has 0 N–H and O–H groups in total. The summed E-state index contributed by atoms with van der Waals surface area (Å²) in [4.78, 5) is 0. The van der Waals surface area contributed by atoms with Crippen molar-refractivity contribution in [1.82, 2.24) is 0 Å². The summed E-state index contributed by atoms with van der Waals surface area (Å²) in [5, 5.41) is 0. The second-order valence-corrected chi connectivity index (χ2v) is 7.25. The smallest absolute Gasteiger partial charge is 0.119 e. The first kappa shape index (κ1) is 21.9. The molecule has 158 valence electrons. The summed E-state index contributed by atoms with van der Waals surface area (Å²) in [6.07, 6.45) is 0. The molecule has 0 saturated carbocycles. The summed E-state index contributed by atoms with van der Waals surface area (Å²) in [5.74, 6) is 1.61. The van der Waals surface area contributed by atoms with E-state index in [-0.39, 0.29) is 0 Å². The summed E-state index contributed by atoms with van der Waals surface area (Å²) >= 11 is 0. The summed E-state index contributed by atoms with van der Waals surface area (Å²) in [7, 11) is 0. The molecule has 0 amide bonds. The fourth-order valence-electron chi connectivity index (χ4n) is 3.05. The molecule has 3 aromatic rings. The number of benzene rings is 3. The van der Waals surface area contributed by atoms with Crippen molar-refractivity contribution in [3.8, 4) is 11.5 Å². The Morgan fingerprint density at radius 2 is 0.967 bits per heavy atom. The lowest BCUT2D eigenvalue weighted by atomic mass is 10.1. The van der Waals surface area contributed by atoms with Gasteiger partial charge in [0.05, 0.1) is 26.4 Å². The van der Waals surface area contributed by atoms with Crippen molar-refractivity contribution in [2.24, 2.45) is 0 Å². The summed E-state index contributed by atoms with van der Waals surface area (Å²) in [6.45, 7) is 7.48. The van der Waals surface area contributed by atoms with Gasteiger partial charge in [-0.25, -0.2) is 0 Å². The Labute approximate surface area is 179 Å². The second-order valence-electron chi connectivity index (χ2n) is 7.25. The minimum Gasteiger partial charge on any atom is -0.491 e. The van der Waals surface area contributed by atoms with Crippen LogP contribution in [-0.4, -0.2) is 26.4 Å². The highest BCUT2D eigenvalue weighted by Crippen LogP contribution is 2.17. The number of hydrogen-bond acceptors (Lipinski definition) is 4. The third-order valence-corrected chi connectivity index (χ3v) is 4.52. The Morgan fingerprint density at radius 3 is 1.37 bits per heavy atom. The number of aryl methyl sites for hydroxylation is 2. The number of ether oxygens (including phenoxy) is 4. The Kier molecular flexibility index (Phi) is 8.76. The molecule has 4 heteroatoms. The van der Waals surface area contributed by atoms with E-state index in [1.165, 1.54) is 22.3 Å². The van der Waals surface area contributed by atoms with Gasteiger partial charge in [0, 0.05) is 0 Å². The van der Waals surface area contributed by atoms with E-state index in [1.807, 2.05) is 36.4 Å². The van der Waals surface area contributed by atoms with E-state index in [9.17, 15) is 0 Å². The second kappa shape index (κ2) is 12.0. The minimum absolute atomic E-state index is 0.513. The Bertz CT molecular complexity index is 815. The first-order valence-electron chi connectivity index (χ1n) is 10.3. The normalized spacial score (nSPS) is 10.7. The quantitative estimate of drug-likeness (QED) is 0.373. The first-order valence-corrected chi connectivity index (χ1v) is 10.3.